The van der Waals surface area contributed by atoms with Crippen LogP contribution in [0.15, 0.2) is 383 Å². The third-order valence-electron chi connectivity index (χ3n) is 29.9. The second-order valence-corrected chi connectivity index (χ2v) is 42.7. The number of aryl methyl sites for hydroxylation is 1. The zero-order valence-corrected chi connectivity index (χ0v) is 94.3. The summed E-state index contributed by atoms with van der Waals surface area (Å²) in [4.78, 5) is 14.8. The van der Waals surface area contributed by atoms with Gasteiger partial charge in [0.25, 0.3) is 0 Å². The Labute approximate surface area is 917 Å². The summed E-state index contributed by atoms with van der Waals surface area (Å²) in [5.74, 6) is 3.92. The Morgan fingerprint density at radius 2 is 0.537 bits per heavy atom. The molecule has 0 spiro atoms. The minimum Gasteiger partial charge on any atom is -0.319 e. The molecule has 0 atom stereocenters. The average molecular weight is 2480 g/mol. The molecule has 750 valence electrons. The molecule has 24 rings (SSSR count). The first-order valence-corrected chi connectivity index (χ1v) is 51.2. The van der Waals surface area contributed by atoms with Gasteiger partial charge < -0.3 is 13.7 Å². The Kier molecular flexibility index (Phi) is 28.8. The van der Waals surface area contributed by atoms with Crippen molar-refractivity contribution in [3.8, 4) is 67.9 Å². The molecular weight excluding hydrogens is 2360 g/mol. The molecule has 15 heteroatoms. The minimum atomic E-state index is -0.375. The number of hydrogen-bond donors (Lipinski definition) is 0. The van der Waals surface area contributed by atoms with E-state index >= 15 is 0 Å². The van der Waals surface area contributed by atoms with Crippen LogP contribution in [0.25, 0.3) is 166 Å². The van der Waals surface area contributed by atoms with Crippen LogP contribution < -0.4 is 0 Å². The van der Waals surface area contributed by atoms with E-state index in [9.17, 15) is 0 Å². The number of nitrogens with zero attached hydrogens (tertiary/aromatic N) is 12. The van der Waals surface area contributed by atoms with Gasteiger partial charge in [-0.1, -0.05) is 227 Å². The van der Waals surface area contributed by atoms with Crippen molar-refractivity contribution < 1.29 is 63.2 Å². The first kappa shape index (κ1) is 103. The molecule has 0 aliphatic rings. The molecular formula is C134H121N12Pt3-3. The summed E-state index contributed by atoms with van der Waals surface area (Å²) >= 11 is 0. The van der Waals surface area contributed by atoms with Crippen LogP contribution in [0.3, 0.4) is 0 Å². The maximum Gasteiger partial charge on any atom is 0.188 e. The van der Waals surface area contributed by atoms with Crippen molar-refractivity contribution in [3.05, 3.63) is 470 Å². The van der Waals surface area contributed by atoms with Gasteiger partial charge in [-0.05, 0) is 226 Å². The number of fused-ring (bicyclic) bond motifs is 12. The first-order chi connectivity index (χ1) is 70.5. The molecule has 0 N–H and O–H groups in total. The normalized spacial score (nSPS) is 12.0. The van der Waals surface area contributed by atoms with Gasteiger partial charge in [-0.15, -0.1) is 69.2 Å². The second kappa shape index (κ2) is 41.6. The number of imidazole rings is 3. The Morgan fingerprint density at radius 1 is 0.255 bits per heavy atom. The van der Waals surface area contributed by atoms with Gasteiger partial charge in [0, 0.05) is 159 Å². The summed E-state index contributed by atoms with van der Waals surface area (Å²) in [7, 11) is 2.09. The fraction of sp³-hybridized carbons (Fsp3) is 0.194. The molecule has 0 aliphatic heterocycles. The molecule has 0 fully saturated rings. The maximum absolute atomic E-state index is 4.95. The molecule has 0 unspecified atom stereocenters. The number of pyridine rings is 3. The quantitative estimate of drug-likeness (QED) is 0.0756. The van der Waals surface area contributed by atoms with E-state index < -0.39 is 0 Å². The van der Waals surface area contributed by atoms with Gasteiger partial charge in [0.2, 0.25) is 0 Å². The molecule has 0 amide bonds. The van der Waals surface area contributed by atoms with Crippen LogP contribution >= 0.6 is 0 Å². The van der Waals surface area contributed by atoms with Crippen molar-refractivity contribution in [2.24, 2.45) is 7.05 Å². The van der Waals surface area contributed by atoms with E-state index in [2.05, 4.69) is 567 Å². The average Bonchev–Trinajstić information content (AvgIpc) is 1.61. The zero-order chi connectivity index (χ0) is 101. The van der Waals surface area contributed by atoms with Crippen molar-refractivity contribution in [1.29, 1.82) is 0 Å². The van der Waals surface area contributed by atoms with Crippen molar-refractivity contribution in [2.45, 2.75) is 163 Å². The van der Waals surface area contributed by atoms with Crippen LogP contribution in [0, 0.1) is 36.4 Å². The topological polar surface area (TPSA) is 83.0 Å². The van der Waals surface area contributed by atoms with Gasteiger partial charge in [-0.3, -0.25) is 0 Å². The fourth-order valence-corrected chi connectivity index (χ4v) is 21.8. The van der Waals surface area contributed by atoms with Crippen LogP contribution in [0.1, 0.15) is 192 Å². The number of aromatic nitrogens is 12. The summed E-state index contributed by atoms with van der Waals surface area (Å²) in [6, 6.07) is 147. The SMILES string of the molecule is CC(C)c1ccccc1-c1ccnc(-n2c3[c-]c(C(C)(C)c4[c-]c(-n5[cH+]n(C(C)(C)C)c6ccccc65)ccc4)ccc3c3ccccc32)c1.CC(C)c1ccccc1-c1ccnc(-n2c3[c-]c(C(C)(C)c4[c-]c(-n5[cH+]n(C(C)C)c6ccccc65)ccc4)ccc3c3ccccc32)c1.CC(C)c1ccccc1-c1ccnc(-n2c3[c-]c(C(C)(C)c4[c-]c(-n5[cH+]n(C)c6ccccc65)ccc4)ccc3c3ccccc32)c1.[Pt].[Pt].[Pt]. The van der Waals surface area contributed by atoms with Crippen LogP contribution in [0.2, 0.25) is 0 Å². The first-order valence-electron chi connectivity index (χ1n) is 51.2. The minimum absolute atomic E-state index is 0. The molecule has 0 bridgehead atoms. The van der Waals surface area contributed by atoms with E-state index in [0.29, 0.717) is 23.8 Å². The van der Waals surface area contributed by atoms with Crippen molar-refractivity contribution >= 4 is 98.5 Å². The molecule has 0 radical (unpaired) electrons. The number of hydrogen-bond acceptors (Lipinski definition) is 3. The van der Waals surface area contributed by atoms with Gasteiger partial charge >= 0.3 is 0 Å². The van der Waals surface area contributed by atoms with Crippen molar-refractivity contribution in [2.75, 3.05) is 0 Å². The summed E-state index contributed by atoms with van der Waals surface area (Å²) < 4.78 is 20.4. The maximum atomic E-state index is 4.95. The van der Waals surface area contributed by atoms with Crippen LogP contribution in [0.4, 0.5) is 0 Å². The van der Waals surface area contributed by atoms with E-state index in [1.807, 2.05) is 18.6 Å². The van der Waals surface area contributed by atoms with Gasteiger partial charge in [0.1, 0.15) is 17.5 Å². The van der Waals surface area contributed by atoms with Gasteiger partial charge in [0.15, 0.2) is 52.1 Å². The van der Waals surface area contributed by atoms with E-state index in [4.69, 9.17) is 15.0 Å². The van der Waals surface area contributed by atoms with Crippen molar-refractivity contribution in [3.63, 3.8) is 0 Å². The van der Waals surface area contributed by atoms with Gasteiger partial charge in [-0.25, -0.2) is 42.4 Å². The third kappa shape index (κ3) is 18.9. The largest absolute Gasteiger partial charge is 0.319 e. The number of rotatable bonds is 19. The summed E-state index contributed by atoms with van der Waals surface area (Å²) in [6.45, 7) is 38.3. The van der Waals surface area contributed by atoms with Crippen molar-refractivity contribution in [1.82, 2.24) is 56.1 Å². The van der Waals surface area contributed by atoms with Crippen LogP contribution in [-0.2, 0) is 92.0 Å². The molecule has 9 heterocycles. The Balaban J connectivity index is 0.000000139. The fourth-order valence-electron chi connectivity index (χ4n) is 21.8. The molecule has 12 nitrogen and oxygen atoms in total. The molecule has 149 heavy (non-hydrogen) atoms. The van der Waals surface area contributed by atoms with E-state index in [1.165, 1.54) is 104 Å². The summed E-state index contributed by atoms with van der Waals surface area (Å²) in [5, 5.41) is 7.08. The molecule has 9 aromatic heterocycles. The Bertz CT molecular complexity index is 9150. The monoisotopic (exact) mass is 2480 g/mol. The standard InChI is InChI=1S/C46H43N4.C45H41N4.C43H37N4.3Pt/c1-31(2)36-17-8-9-18-37(36)32-25-26-47-44(27-32)50-40-20-11-10-19-38(40)39-24-23-34(29-43(39)50)46(6,7)33-15-14-16-35(28-33)48-30-49(45(3,4)5)42-22-13-12-21-41(42)48;1-30(2)36-16-7-8-17-37(36)32-24-25-46-44(26-32)49-40-19-10-9-18-38(40)39-23-22-34(28-43(39)49)45(5,6)33-14-13-15-35(27-33)48-29-47(31(3)4)41-20-11-12-21-42(41)48;1-29(2)34-15-6-7-16-35(34)30-23-24-44-42(25-30)47-38-18-9-8-17-36(38)37-22-21-32(27-41(37)47)43(3,4)31-13-12-14-33(26-31)46-28-45(5)39-19-10-11-20-40(39)46;;;/h8-27,30-31H,1-7H3;7-26,29-31H,1-6H3;6-25,28-29H,1-5H3;;;/q3*-1;;;. The summed E-state index contributed by atoms with van der Waals surface area (Å²) in [6.07, 6.45) is 12.3. The van der Waals surface area contributed by atoms with Gasteiger partial charge in [-0.2, -0.15) is 108 Å². The third-order valence-corrected chi connectivity index (χ3v) is 29.9. The van der Waals surface area contributed by atoms with E-state index in [-0.39, 0.29) is 85.0 Å². The van der Waals surface area contributed by atoms with Crippen LogP contribution in [-0.4, -0.2) is 56.1 Å². The van der Waals surface area contributed by atoms with Gasteiger partial charge in [0.05, 0.1) is 11.6 Å². The molecule has 0 aliphatic carbocycles. The Hall–Kier alpha value is -14.4. The second-order valence-electron chi connectivity index (χ2n) is 42.7. The molecule has 15 aromatic carbocycles. The van der Waals surface area contributed by atoms with E-state index in [1.54, 1.807) is 0 Å². The predicted molar refractivity (Wildman–Crippen MR) is 607 cm³/mol. The molecule has 0 saturated carbocycles. The smallest absolute Gasteiger partial charge is 0.188 e. The predicted octanol–water partition coefficient (Wildman–Crippen LogP) is 33.6. The number of para-hydroxylation sites is 9. The van der Waals surface area contributed by atoms with Crippen LogP contribution in [0.5, 0.6) is 0 Å². The molecule has 24 aromatic rings. The Morgan fingerprint density at radius 3 is 0.879 bits per heavy atom. The summed E-state index contributed by atoms with van der Waals surface area (Å²) in [5.41, 5.74) is 33.3. The number of benzene rings is 15. The zero-order valence-electron chi connectivity index (χ0n) is 87.5. The van der Waals surface area contributed by atoms with E-state index in [0.717, 1.165) is 112 Å². The molecule has 0 saturated heterocycles.